The molecule has 0 spiro atoms. The maximum absolute atomic E-state index is 5.62. The highest BCUT2D eigenvalue weighted by Gasteiger charge is 2.13. The lowest BCUT2D eigenvalue weighted by atomic mass is 10.2. The number of nitrogens with zero attached hydrogens (tertiary/aromatic N) is 4. The smallest absolute Gasteiger partial charge is 0.249 e. The van der Waals surface area contributed by atoms with Crippen LogP contribution in [0, 0.1) is 0 Å². The van der Waals surface area contributed by atoms with Crippen LogP contribution in [0.3, 0.4) is 0 Å². The van der Waals surface area contributed by atoms with Crippen LogP contribution in [0.4, 0.5) is 17.5 Å². The van der Waals surface area contributed by atoms with Gasteiger partial charge in [-0.15, -0.1) is 5.10 Å². The number of ether oxygens (including phenoxy) is 2. The van der Waals surface area contributed by atoms with Crippen molar-refractivity contribution >= 4 is 17.5 Å². The number of hydrogen-bond acceptors (Lipinski definition) is 7. The molecule has 0 radical (unpaired) electrons. The summed E-state index contributed by atoms with van der Waals surface area (Å²) in [6, 6.07) is 16.0. The van der Waals surface area contributed by atoms with E-state index in [0.717, 1.165) is 36.1 Å². The van der Waals surface area contributed by atoms with Gasteiger partial charge in [-0.2, -0.15) is 10.1 Å². The van der Waals surface area contributed by atoms with Gasteiger partial charge in [0.1, 0.15) is 13.2 Å². The normalized spacial score (nSPS) is 12.5. The molecule has 0 bridgehead atoms. The van der Waals surface area contributed by atoms with Crippen LogP contribution in [0.5, 0.6) is 11.5 Å². The molecule has 0 unspecified atom stereocenters. The number of aromatic nitrogens is 3. The molecule has 1 N–H and O–H groups in total. The molecular weight excluding hydrogens is 342 g/mol. The monoisotopic (exact) mass is 363 g/mol. The van der Waals surface area contributed by atoms with Gasteiger partial charge < -0.3 is 19.7 Å². The topological polar surface area (TPSA) is 72.4 Å². The molecule has 0 atom stereocenters. The van der Waals surface area contributed by atoms with Crippen molar-refractivity contribution in [3.05, 3.63) is 60.3 Å². The highest BCUT2D eigenvalue weighted by atomic mass is 16.6. The first-order chi connectivity index (χ1) is 13.3. The first-order valence-corrected chi connectivity index (χ1v) is 8.97. The largest absolute Gasteiger partial charge is 0.486 e. The van der Waals surface area contributed by atoms with Gasteiger partial charge in [-0.05, 0) is 24.6 Å². The second-order valence-corrected chi connectivity index (χ2v) is 6.12. The van der Waals surface area contributed by atoms with E-state index >= 15 is 0 Å². The zero-order valence-electron chi connectivity index (χ0n) is 15.1. The summed E-state index contributed by atoms with van der Waals surface area (Å²) in [6.07, 6.45) is 1.68. The lowest BCUT2D eigenvalue weighted by Crippen LogP contribution is -2.23. The lowest BCUT2D eigenvalue weighted by molar-refractivity contribution is 0.171. The van der Waals surface area contributed by atoms with Gasteiger partial charge in [0.25, 0.3) is 0 Å². The minimum absolute atomic E-state index is 0.440. The minimum atomic E-state index is 0.440. The van der Waals surface area contributed by atoms with E-state index in [9.17, 15) is 0 Å². The summed E-state index contributed by atoms with van der Waals surface area (Å²) in [7, 11) is 0. The van der Waals surface area contributed by atoms with Crippen molar-refractivity contribution in [2.24, 2.45) is 0 Å². The van der Waals surface area contributed by atoms with Crippen LogP contribution in [0.1, 0.15) is 12.5 Å². The van der Waals surface area contributed by atoms with Crippen LogP contribution >= 0.6 is 0 Å². The maximum atomic E-state index is 5.62. The van der Waals surface area contributed by atoms with E-state index in [4.69, 9.17) is 9.47 Å². The molecular formula is C20H21N5O2. The number of rotatable bonds is 6. The van der Waals surface area contributed by atoms with Crippen molar-refractivity contribution < 1.29 is 9.47 Å². The molecule has 3 aromatic rings. The van der Waals surface area contributed by atoms with Gasteiger partial charge >= 0.3 is 0 Å². The second kappa shape index (κ2) is 7.90. The highest BCUT2D eigenvalue weighted by Crippen LogP contribution is 2.33. The Morgan fingerprint density at radius 3 is 2.67 bits per heavy atom. The summed E-state index contributed by atoms with van der Waals surface area (Å²) in [5.74, 6) is 2.68. The van der Waals surface area contributed by atoms with Crippen LogP contribution < -0.4 is 19.7 Å². The predicted octanol–water partition coefficient (Wildman–Crippen LogP) is 3.41. The molecule has 7 heteroatoms. The Morgan fingerprint density at radius 2 is 1.85 bits per heavy atom. The summed E-state index contributed by atoms with van der Waals surface area (Å²) in [4.78, 5) is 6.77. The number of benzene rings is 2. The van der Waals surface area contributed by atoms with Gasteiger partial charge in [0.2, 0.25) is 5.95 Å². The molecule has 7 nitrogen and oxygen atoms in total. The van der Waals surface area contributed by atoms with E-state index < -0.39 is 0 Å². The molecule has 0 fully saturated rings. The van der Waals surface area contributed by atoms with Crippen molar-refractivity contribution in [3.63, 3.8) is 0 Å². The SMILES string of the molecule is CCN(Cc1ccccc1)c1cnnc(Nc2ccc3c(c2)OCCO3)n1. The van der Waals surface area contributed by atoms with Crippen LogP contribution in [-0.4, -0.2) is 34.9 Å². The van der Waals surface area contributed by atoms with Crippen molar-refractivity contribution in [3.8, 4) is 11.5 Å². The van der Waals surface area contributed by atoms with E-state index in [1.807, 2.05) is 36.4 Å². The number of hydrogen-bond donors (Lipinski definition) is 1. The molecule has 4 rings (SSSR count). The second-order valence-electron chi connectivity index (χ2n) is 6.12. The standard InChI is InChI=1S/C20H21N5O2/c1-2-25(14-15-6-4-3-5-7-15)19-13-21-24-20(23-19)22-16-8-9-17-18(12-16)27-11-10-26-17/h3-9,12-13H,2,10-11,14H2,1H3,(H,22,23,24). The van der Waals surface area contributed by atoms with Crippen molar-refractivity contribution in [1.29, 1.82) is 0 Å². The van der Waals surface area contributed by atoms with Gasteiger partial charge in [0.15, 0.2) is 17.3 Å². The fourth-order valence-electron chi connectivity index (χ4n) is 2.91. The van der Waals surface area contributed by atoms with Gasteiger partial charge in [-0.3, -0.25) is 0 Å². The molecule has 138 valence electrons. The number of nitrogens with one attached hydrogen (secondary N) is 1. The molecule has 2 heterocycles. The van der Waals surface area contributed by atoms with Gasteiger partial charge in [0.05, 0.1) is 6.20 Å². The molecule has 0 amide bonds. The first kappa shape index (κ1) is 17.1. The molecule has 2 aromatic carbocycles. The predicted molar refractivity (Wildman–Crippen MR) is 104 cm³/mol. The Balaban J connectivity index is 1.51. The molecule has 1 aromatic heterocycles. The molecule has 0 aliphatic carbocycles. The van der Waals surface area contributed by atoms with Crippen LogP contribution in [0.2, 0.25) is 0 Å². The maximum Gasteiger partial charge on any atom is 0.249 e. The van der Waals surface area contributed by atoms with E-state index in [-0.39, 0.29) is 0 Å². The Morgan fingerprint density at radius 1 is 1.04 bits per heavy atom. The summed E-state index contributed by atoms with van der Waals surface area (Å²) >= 11 is 0. The average molecular weight is 363 g/mol. The quantitative estimate of drug-likeness (QED) is 0.719. The lowest BCUT2D eigenvalue weighted by Gasteiger charge is -2.22. The van der Waals surface area contributed by atoms with Gasteiger partial charge in [-0.25, -0.2) is 0 Å². The zero-order valence-corrected chi connectivity index (χ0v) is 15.1. The molecule has 0 saturated carbocycles. The summed E-state index contributed by atoms with van der Waals surface area (Å²) in [5, 5.41) is 11.4. The molecule has 1 aliphatic heterocycles. The van der Waals surface area contributed by atoms with Gasteiger partial charge in [0, 0.05) is 24.8 Å². The van der Waals surface area contributed by atoms with Crippen LogP contribution in [0.25, 0.3) is 0 Å². The Hall–Kier alpha value is -3.35. The van der Waals surface area contributed by atoms with Crippen molar-refractivity contribution in [2.75, 3.05) is 30.0 Å². The van der Waals surface area contributed by atoms with Crippen molar-refractivity contribution in [1.82, 2.24) is 15.2 Å². The Bertz CT molecular complexity index is 904. The highest BCUT2D eigenvalue weighted by molar-refractivity contribution is 5.60. The van der Waals surface area contributed by atoms with E-state index in [0.29, 0.717) is 19.2 Å². The van der Waals surface area contributed by atoms with Crippen LogP contribution in [0.15, 0.2) is 54.7 Å². The number of anilines is 3. The third-order valence-corrected chi connectivity index (χ3v) is 4.27. The third-order valence-electron chi connectivity index (χ3n) is 4.27. The third kappa shape index (κ3) is 4.08. The Labute approximate surface area is 158 Å². The minimum Gasteiger partial charge on any atom is -0.486 e. The summed E-state index contributed by atoms with van der Waals surface area (Å²) in [5.41, 5.74) is 2.05. The fourth-order valence-corrected chi connectivity index (χ4v) is 2.91. The average Bonchev–Trinajstić information content (AvgIpc) is 2.73. The zero-order chi connectivity index (χ0) is 18.5. The summed E-state index contributed by atoms with van der Waals surface area (Å²) < 4.78 is 11.2. The van der Waals surface area contributed by atoms with E-state index in [1.165, 1.54) is 5.56 Å². The van der Waals surface area contributed by atoms with Gasteiger partial charge in [-0.1, -0.05) is 30.3 Å². The number of fused-ring (bicyclic) bond motifs is 1. The Kier molecular flexibility index (Phi) is 5.00. The first-order valence-electron chi connectivity index (χ1n) is 8.97. The van der Waals surface area contributed by atoms with E-state index in [2.05, 4.69) is 44.5 Å². The molecule has 27 heavy (non-hydrogen) atoms. The summed E-state index contributed by atoms with van der Waals surface area (Å²) in [6.45, 7) is 4.80. The molecule has 1 aliphatic rings. The van der Waals surface area contributed by atoms with E-state index in [1.54, 1.807) is 6.20 Å². The van der Waals surface area contributed by atoms with Crippen molar-refractivity contribution in [2.45, 2.75) is 13.5 Å². The molecule has 0 saturated heterocycles. The van der Waals surface area contributed by atoms with Crippen LogP contribution in [-0.2, 0) is 6.54 Å². The fraction of sp³-hybridized carbons (Fsp3) is 0.250.